The molecule has 1 aliphatic heterocycles. The lowest BCUT2D eigenvalue weighted by atomic mass is 10.2. The lowest BCUT2D eigenvalue weighted by Gasteiger charge is -2.34. The quantitative estimate of drug-likeness (QED) is 0.908. The van der Waals surface area contributed by atoms with Crippen molar-refractivity contribution in [1.82, 2.24) is 19.9 Å². The molecule has 1 aromatic heterocycles. The molecular formula is C15H16N4O3S. The molecule has 0 saturated carbocycles. The van der Waals surface area contributed by atoms with Crippen molar-refractivity contribution in [2.75, 3.05) is 18.1 Å². The van der Waals surface area contributed by atoms with Crippen LogP contribution < -0.4 is 0 Å². The first-order valence-corrected chi connectivity index (χ1v) is 8.39. The molecule has 8 heteroatoms. The zero-order chi connectivity index (χ0) is 16.2. The van der Waals surface area contributed by atoms with E-state index in [4.69, 9.17) is 5.11 Å². The Morgan fingerprint density at radius 3 is 2.83 bits per heavy atom. The lowest BCUT2D eigenvalue weighted by Crippen LogP contribution is -2.47. The minimum Gasteiger partial charge on any atom is -0.481 e. The van der Waals surface area contributed by atoms with E-state index in [-0.39, 0.29) is 24.1 Å². The molecule has 1 amide bonds. The Kier molecular flexibility index (Phi) is 4.61. The Labute approximate surface area is 137 Å². The number of hydrogen-bond donors (Lipinski definition) is 1. The maximum absolute atomic E-state index is 12.6. The summed E-state index contributed by atoms with van der Waals surface area (Å²) in [6.45, 7) is 0.527. The highest BCUT2D eigenvalue weighted by atomic mass is 32.2. The molecule has 1 aromatic carbocycles. The van der Waals surface area contributed by atoms with Gasteiger partial charge in [0, 0.05) is 18.1 Å². The maximum Gasteiger partial charge on any atom is 0.305 e. The van der Waals surface area contributed by atoms with Gasteiger partial charge in [0.2, 0.25) is 0 Å². The highest BCUT2D eigenvalue weighted by Crippen LogP contribution is 2.21. The second kappa shape index (κ2) is 6.82. The Morgan fingerprint density at radius 1 is 1.30 bits per heavy atom. The molecule has 3 rings (SSSR count). The van der Waals surface area contributed by atoms with Crippen molar-refractivity contribution >= 4 is 23.6 Å². The summed E-state index contributed by atoms with van der Waals surface area (Å²) in [5, 5.41) is 17.4. The van der Waals surface area contributed by atoms with Gasteiger partial charge >= 0.3 is 5.97 Å². The third kappa shape index (κ3) is 3.53. The minimum atomic E-state index is -0.900. The normalized spacial score (nSPS) is 17.9. The summed E-state index contributed by atoms with van der Waals surface area (Å²) in [4.78, 5) is 26.6. The average Bonchev–Trinajstić information content (AvgIpc) is 3.05. The number of carboxylic acid groups (broad SMARTS) is 1. The molecule has 0 radical (unpaired) electrons. The molecule has 23 heavy (non-hydrogen) atoms. The van der Waals surface area contributed by atoms with Crippen LogP contribution in [0.3, 0.4) is 0 Å². The van der Waals surface area contributed by atoms with Crippen LogP contribution in [0.1, 0.15) is 16.9 Å². The van der Waals surface area contributed by atoms with E-state index in [1.54, 1.807) is 16.7 Å². The number of hydrogen-bond acceptors (Lipinski definition) is 5. The summed E-state index contributed by atoms with van der Waals surface area (Å²) >= 11 is 1.66. The van der Waals surface area contributed by atoms with Crippen LogP contribution in [0.15, 0.2) is 36.5 Å². The number of nitrogens with zero attached hydrogens (tertiary/aromatic N) is 4. The van der Waals surface area contributed by atoms with Crippen LogP contribution in [-0.2, 0) is 4.79 Å². The Balaban J connectivity index is 1.79. The van der Waals surface area contributed by atoms with Gasteiger partial charge < -0.3 is 10.0 Å². The number of carboxylic acids is 1. The molecule has 120 valence electrons. The summed E-state index contributed by atoms with van der Waals surface area (Å²) in [5.74, 6) is 0.265. The first-order valence-electron chi connectivity index (χ1n) is 7.23. The molecule has 1 N–H and O–H groups in total. The van der Waals surface area contributed by atoms with E-state index in [0.717, 1.165) is 11.4 Å². The molecule has 0 aliphatic carbocycles. The van der Waals surface area contributed by atoms with Gasteiger partial charge in [0.25, 0.3) is 5.91 Å². The molecule has 0 spiro atoms. The smallest absolute Gasteiger partial charge is 0.305 e. The van der Waals surface area contributed by atoms with E-state index in [9.17, 15) is 9.59 Å². The number of amides is 1. The van der Waals surface area contributed by atoms with E-state index in [1.165, 1.54) is 11.0 Å². The zero-order valence-electron chi connectivity index (χ0n) is 12.3. The minimum absolute atomic E-state index is 0.0500. The summed E-state index contributed by atoms with van der Waals surface area (Å²) < 4.78 is 0. The van der Waals surface area contributed by atoms with Crippen molar-refractivity contribution in [2.45, 2.75) is 12.5 Å². The van der Waals surface area contributed by atoms with Gasteiger partial charge in [-0.3, -0.25) is 9.59 Å². The summed E-state index contributed by atoms with van der Waals surface area (Å²) in [6, 6.07) is 9.01. The number of aliphatic carboxylic acids is 1. The van der Waals surface area contributed by atoms with Gasteiger partial charge in [-0.1, -0.05) is 18.2 Å². The van der Waals surface area contributed by atoms with Gasteiger partial charge in [-0.2, -0.15) is 21.7 Å². The molecule has 2 heterocycles. The number of para-hydroxylation sites is 1. The van der Waals surface area contributed by atoms with Crippen molar-refractivity contribution < 1.29 is 14.7 Å². The number of carbonyl (C=O) groups is 2. The Bertz CT molecular complexity index is 704. The molecule has 1 atom stereocenters. The summed E-state index contributed by atoms with van der Waals surface area (Å²) in [5.41, 5.74) is 0.999. The first kappa shape index (κ1) is 15.5. The second-order valence-electron chi connectivity index (χ2n) is 5.18. The number of aromatic nitrogens is 3. The number of benzene rings is 1. The predicted octanol–water partition coefficient (Wildman–Crippen LogP) is 1.30. The molecule has 7 nitrogen and oxygen atoms in total. The topological polar surface area (TPSA) is 88.3 Å². The molecular weight excluding hydrogens is 316 g/mol. The largest absolute Gasteiger partial charge is 0.481 e. The Hall–Kier alpha value is -2.35. The van der Waals surface area contributed by atoms with Gasteiger partial charge in [0.05, 0.1) is 24.3 Å². The zero-order valence-corrected chi connectivity index (χ0v) is 13.1. The fourth-order valence-corrected chi connectivity index (χ4v) is 3.55. The number of thioether (sulfide) groups is 1. The highest BCUT2D eigenvalue weighted by Gasteiger charge is 2.30. The first-order chi connectivity index (χ1) is 11.1. The van der Waals surface area contributed by atoms with Crippen LogP contribution in [0.25, 0.3) is 5.69 Å². The average molecular weight is 332 g/mol. The van der Waals surface area contributed by atoms with Crippen molar-refractivity contribution in [2.24, 2.45) is 0 Å². The van der Waals surface area contributed by atoms with Crippen LogP contribution in [0.5, 0.6) is 0 Å². The summed E-state index contributed by atoms with van der Waals surface area (Å²) in [6.07, 6.45) is 1.38. The molecule has 0 bridgehead atoms. The van der Waals surface area contributed by atoms with E-state index in [1.807, 2.05) is 30.3 Å². The molecule has 1 fully saturated rings. The van der Waals surface area contributed by atoms with E-state index in [0.29, 0.717) is 12.3 Å². The standard InChI is InChI=1S/C15H16N4O3S/c20-14(21)8-12-10-23-7-6-18(12)15(22)13-9-16-19(17-13)11-4-2-1-3-5-11/h1-5,9,12H,6-8,10H2,(H,20,21). The predicted molar refractivity (Wildman–Crippen MR) is 85.8 cm³/mol. The number of rotatable bonds is 4. The van der Waals surface area contributed by atoms with Crippen molar-refractivity contribution in [3.63, 3.8) is 0 Å². The molecule has 1 aliphatic rings. The maximum atomic E-state index is 12.6. The monoisotopic (exact) mass is 332 g/mol. The third-order valence-corrected chi connectivity index (χ3v) is 4.69. The van der Waals surface area contributed by atoms with Crippen LogP contribution in [-0.4, -0.2) is 61.0 Å². The van der Waals surface area contributed by atoms with Crippen molar-refractivity contribution in [1.29, 1.82) is 0 Å². The fraction of sp³-hybridized carbons (Fsp3) is 0.333. The lowest BCUT2D eigenvalue weighted by molar-refractivity contribution is -0.138. The van der Waals surface area contributed by atoms with Crippen LogP contribution in [0.2, 0.25) is 0 Å². The highest BCUT2D eigenvalue weighted by molar-refractivity contribution is 7.99. The van der Waals surface area contributed by atoms with E-state index in [2.05, 4.69) is 10.2 Å². The molecule has 2 aromatic rings. The van der Waals surface area contributed by atoms with Crippen molar-refractivity contribution in [3.05, 3.63) is 42.2 Å². The summed E-state index contributed by atoms with van der Waals surface area (Å²) in [7, 11) is 0. The van der Waals surface area contributed by atoms with Gasteiger partial charge in [0.1, 0.15) is 0 Å². The van der Waals surface area contributed by atoms with E-state index >= 15 is 0 Å². The third-order valence-electron chi connectivity index (χ3n) is 3.60. The van der Waals surface area contributed by atoms with Gasteiger partial charge in [0.15, 0.2) is 5.69 Å². The van der Waals surface area contributed by atoms with Crippen LogP contribution in [0, 0.1) is 0 Å². The van der Waals surface area contributed by atoms with Gasteiger partial charge in [-0.25, -0.2) is 0 Å². The second-order valence-corrected chi connectivity index (χ2v) is 6.33. The van der Waals surface area contributed by atoms with Gasteiger partial charge in [-0.05, 0) is 12.1 Å². The Morgan fingerprint density at radius 2 is 2.09 bits per heavy atom. The molecule has 1 unspecified atom stereocenters. The van der Waals surface area contributed by atoms with Gasteiger partial charge in [-0.15, -0.1) is 5.10 Å². The molecule has 1 saturated heterocycles. The van der Waals surface area contributed by atoms with Crippen LogP contribution >= 0.6 is 11.8 Å². The van der Waals surface area contributed by atoms with E-state index < -0.39 is 5.97 Å². The van der Waals surface area contributed by atoms with Crippen molar-refractivity contribution in [3.8, 4) is 5.69 Å². The van der Waals surface area contributed by atoms with Crippen LogP contribution in [0.4, 0.5) is 0 Å². The fourth-order valence-electron chi connectivity index (χ4n) is 2.49. The number of carbonyl (C=O) groups excluding carboxylic acids is 1. The SMILES string of the molecule is O=C(O)CC1CSCCN1C(=O)c1cnn(-c2ccccc2)n1.